The third-order valence-corrected chi connectivity index (χ3v) is 4.81. The number of epoxide rings is 1. The molecule has 2 heterocycles. The van der Waals surface area contributed by atoms with Gasteiger partial charge >= 0.3 is 5.97 Å². The first-order chi connectivity index (χ1) is 13.1. The lowest BCUT2D eigenvalue weighted by Gasteiger charge is -2.16. The number of fused-ring (bicyclic) bond motifs is 1. The van der Waals surface area contributed by atoms with E-state index in [4.69, 9.17) is 9.47 Å². The third kappa shape index (κ3) is 4.15. The number of aliphatic hydroxyl groups is 1. The molecule has 0 spiro atoms. The quantitative estimate of drug-likeness (QED) is 0.164. The van der Waals surface area contributed by atoms with E-state index in [-0.39, 0.29) is 5.97 Å². The van der Waals surface area contributed by atoms with Crippen LogP contribution < -0.4 is 5.32 Å². The van der Waals surface area contributed by atoms with Crippen molar-refractivity contribution in [3.8, 4) is 0 Å². The maximum atomic E-state index is 12.6. The Labute approximate surface area is 164 Å². The molecule has 0 radical (unpaired) electrons. The van der Waals surface area contributed by atoms with E-state index in [0.29, 0.717) is 24.0 Å². The van der Waals surface area contributed by atoms with Gasteiger partial charge in [0, 0.05) is 0 Å². The molecule has 2 fully saturated rings. The summed E-state index contributed by atoms with van der Waals surface area (Å²) in [5, 5.41) is 12.4. The molecule has 2 aliphatic rings. The van der Waals surface area contributed by atoms with E-state index in [1.807, 2.05) is 19.1 Å². The Morgan fingerprint density at radius 2 is 2.00 bits per heavy atom. The van der Waals surface area contributed by atoms with E-state index < -0.39 is 29.1 Å². The van der Waals surface area contributed by atoms with Crippen molar-refractivity contribution in [1.82, 2.24) is 5.32 Å². The Bertz CT molecular complexity index is 802. The fraction of sp³-hybridized carbons (Fsp3) is 0.476. The molecule has 1 amide bonds. The number of Topliss-reactive ketones (excluding diaryl/α,β-unsaturated/α-hetero) is 1. The number of rotatable bonds is 8. The number of carbonyl (C=O) groups excluding carboxylic acids is 3. The minimum Gasteiger partial charge on any atom is -0.465 e. The Morgan fingerprint density at radius 1 is 1.32 bits per heavy atom. The van der Waals surface area contributed by atoms with E-state index in [0.717, 1.165) is 5.57 Å². The predicted molar refractivity (Wildman–Crippen MR) is 103 cm³/mol. The second kappa shape index (κ2) is 8.24. The number of morpholine rings is 1. The number of ether oxygens (including phenoxy) is 2. The van der Waals surface area contributed by atoms with Crippen LogP contribution in [0.3, 0.4) is 0 Å². The second-order valence-corrected chi connectivity index (χ2v) is 7.16. The molecule has 0 aromatic carbocycles. The van der Waals surface area contributed by atoms with Gasteiger partial charge in [-0.3, -0.25) is 9.59 Å². The zero-order chi connectivity index (χ0) is 21.1. The van der Waals surface area contributed by atoms with Gasteiger partial charge in [0.25, 0.3) is 5.91 Å². The topological polar surface area (TPSA) is 105 Å². The van der Waals surface area contributed by atoms with Crippen LogP contribution in [0.5, 0.6) is 0 Å². The van der Waals surface area contributed by atoms with Crippen molar-refractivity contribution in [3.05, 3.63) is 47.1 Å². The number of unbranched alkanes of at least 4 members (excludes halogenated alkanes) is 1. The van der Waals surface area contributed by atoms with Gasteiger partial charge in [-0.05, 0) is 52.2 Å². The van der Waals surface area contributed by atoms with E-state index in [1.165, 1.54) is 14.0 Å². The first-order valence-corrected chi connectivity index (χ1v) is 9.14. The van der Waals surface area contributed by atoms with E-state index >= 15 is 0 Å². The molecular weight excluding hydrogens is 362 g/mol. The van der Waals surface area contributed by atoms with Crippen LogP contribution in [-0.4, -0.2) is 47.3 Å². The fourth-order valence-corrected chi connectivity index (χ4v) is 3.22. The van der Waals surface area contributed by atoms with E-state index in [9.17, 15) is 19.5 Å². The Morgan fingerprint density at radius 3 is 2.50 bits per heavy atom. The van der Waals surface area contributed by atoms with E-state index in [1.54, 1.807) is 32.1 Å². The number of methoxy groups -OCH3 is 1. The molecule has 0 aliphatic carbocycles. The zero-order valence-electron chi connectivity index (χ0n) is 16.9. The highest BCUT2D eigenvalue weighted by molar-refractivity contribution is 6.21. The van der Waals surface area contributed by atoms with Crippen LogP contribution in [0.4, 0.5) is 0 Å². The average molecular weight is 389 g/mol. The molecule has 3 atom stereocenters. The minimum absolute atomic E-state index is 0.387. The number of allylic oxidation sites excluding steroid dienone is 5. The number of hydrogen-bond donors (Lipinski definition) is 2. The van der Waals surface area contributed by atoms with Gasteiger partial charge in [-0.1, -0.05) is 29.9 Å². The standard InChI is InChI=1S/C21H27NO6/c1-6-15(17(24)27-5)12-13(2)10-8-7-9-11-14(3)16(23)21-18(28-21)20(4,26)22-19(21)25/h6,8,10-12,18,26H,7,9H2,1-5H3,(H,22,25)/b10-8+,13-12+,14-11-,15-6+. The largest absolute Gasteiger partial charge is 0.465 e. The summed E-state index contributed by atoms with van der Waals surface area (Å²) in [7, 11) is 1.34. The molecule has 28 heavy (non-hydrogen) atoms. The molecule has 0 aromatic heterocycles. The van der Waals surface area contributed by atoms with Gasteiger partial charge in [0.15, 0.2) is 11.8 Å². The summed E-state index contributed by atoms with van der Waals surface area (Å²) in [6.07, 6.45) is 9.45. The maximum Gasteiger partial charge on any atom is 0.337 e. The number of amides is 1. The summed E-state index contributed by atoms with van der Waals surface area (Å²) in [6, 6.07) is 0. The summed E-state index contributed by atoms with van der Waals surface area (Å²) in [4.78, 5) is 36.2. The molecule has 2 N–H and O–H groups in total. The molecule has 3 unspecified atom stereocenters. The van der Waals surface area contributed by atoms with Gasteiger partial charge < -0.3 is 19.9 Å². The lowest BCUT2D eigenvalue weighted by Crippen LogP contribution is -2.45. The summed E-state index contributed by atoms with van der Waals surface area (Å²) >= 11 is 0. The molecule has 0 bridgehead atoms. The van der Waals surface area contributed by atoms with Crippen LogP contribution in [0.25, 0.3) is 0 Å². The number of carbonyl (C=O) groups is 3. The van der Waals surface area contributed by atoms with Gasteiger partial charge in [-0.25, -0.2) is 4.79 Å². The molecular formula is C21H27NO6. The van der Waals surface area contributed by atoms with Crippen molar-refractivity contribution in [3.63, 3.8) is 0 Å². The molecule has 2 rings (SSSR count). The maximum absolute atomic E-state index is 12.6. The summed E-state index contributed by atoms with van der Waals surface area (Å²) in [6.45, 7) is 6.69. The molecule has 0 saturated carbocycles. The number of ketones is 1. The SMILES string of the molecule is C\C=C(/C=C(C)/C=C/CC/C=C(/C)C(=O)C12OC1C(C)(O)NC2=O)C(=O)OC. The zero-order valence-corrected chi connectivity index (χ0v) is 16.9. The fourth-order valence-electron chi connectivity index (χ4n) is 3.22. The van der Waals surface area contributed by atoms with Crippen molar-refractivity contribution in [2.75, 3.05) is 7.11 Å². The molecule has 7 heteroatoms. The molecule has 2 aliphatic heterocycles. The molecule has 0 aromatic rings. The molecule has 152 valence electrons. The van der Waals surface area contributed by atoms with Crippen LogP contribution in [0.15, 0.2) is 47.1 Å². The minimum atomic E-state index is -1.57. The number of hydrogen-bond acceptors (Lipinski definition) is 6. The molecule has 2 saturated heterocycles. The van der Waals surface area contributed by atoms with Crippen molar-refractivity contribution in [2.45, 2.75) is 58.0 Å². The van der Waals surface area contributed by atoms with Gasteiger partial charge in [-0.2, -0.15) is 0 Å². The van der Waals surface area contributed by atoms with Crippen LogP contribution in [0.2, 0.25) is 0 Å². The van der Waals surface area contributed by atoms with Crippen LogP contribution >= 0.6 is 0 Å². The van der Waals surface area contributed by atoms with E-state index in [2.05, 4.69) is 5.32 Å². The van der Waals surface area contributed by atoms with Crippen molar-refractivity contribution < 1.29 is 29.0 Å². The summed E-state index contributed by atoms with van der Waals surface area (Å²) in [5.41, 5.74) is -1.29. The first-order valence-electron chi connectivity index (χ1n) is 9.14. The smallest absolute Gasteiger partial charge is 0.337 e. The normalized spacial score (nSPS) is 30.3. The number of esters is 1. The third-order valence-electron chi connectivity index (χ3n) is 4.81. The Hall–Kier alpha value is -2.51. The lowest BCUT2D eigenvalue weighted by atomic mass is 9.93. The highest BCUT2D eigenvalue weighted by Crippen LogP contribution is 2.49. The predicted octanol–water partition coefficient (Wildman–Crippen LogP) is 1.88. The highest BCUT2D eigenvalue weighted by Gasteiger charge is 2.79. The molecule has 7 nitrogen and oxygen atoms in total. The number of nitrogens with one attached hydrogen (secondary N) is 1. The summed E-state index contributed by atoms with van der Waals surface area (Å²) < 4.78 is 9.97. The summed E-state index contributed by atoms with van der Waals surface area (Å²) in [5.74, 6) is -1.39. The van der Waals surface area contributed by atoms with Crippen molar-refractivity contribution in [2.24, 2.45) is 0 Å². The van der Waals surface area contributed by atoms with Crippen LogP contribution in [0, 0.1) is 0 Å². The Kier molecular flexibility index (Phi) is 6.41. The average Bonchev–Trinajstić information content (AvgIpc) is 3.38. The monoisotopic (exact) mass is 389 g/mol. The van der Waals surface area contributed by atoms with Gasteiger partial charge in [0.05, 0.1) is 12.7 Å². The lowest BCUT2D eigenvalue weighted by molar-refractivity contribution is -0.137. The van der Waals surface area contributed by atoms with Gasteiger partial charge in [0.2, 0.25) is 11.4 Å². The van der Waals surface area contributed by atoms with Crippen molar-refractivity contribution in [1.29, 1.82) is 0 Å². The highest BCUT2D eigenvalue weighted by atomic mass is 16.6. The Balaban J connectivity index is 1.90. The van der Waals surface area contributed by atoms with Crippen molar-refractivity contribution >= 4 is 17.7 Å². The van der Waals surface area contributed by atoms with Crippen LogP contribution in [0.1, 0.15) is 40.5 Å². The van der Waals surface area contributed by atoms with Gasteiger partial charge in [0.1, 0.15) is 0 Å². The van der Waals surface area contributed by atoms with Crippen LogP contribution in [-0.2, 0) is 23.9 Å². The van der Waals surface area contributed by atoms with Gasteiger partial charge in [-0.15, -0.1) is 0 Å². The second-order valence-electron chi connectivity index (χ2n) is 7.16. The first kappa shape index (κ1) is 21.8.